The van der Waals surface area contributed by atoms with Crippen molar-refractivity contribution >= 4 is 0 Å². The third kappa shape index (κ3) is 5.32. The molecular weight excluding hydrogens is 252 g/mol. The first-order chi connectivity index (χ1) is 9.44. The van der Waals surface area contributed by atoms with Gasteiger partial charge in [0.15, 0.2) is 0 Å². The molecule has 1 saturated heterocycles. The van der Waals surface area contributed by atoms with Crippen LogP contribution in [0, 0.1) is 5.92 Å². The highest BCUT2D eigenvalue weighted by Crippen LogP contribution is 2.24. The lowest BCUT2D eigenvalue weighted by atomic mass is 9.96. The lowest BCUT2D eigenvalue weighted by molar-refractivity contribution is 0.00887. The molecule has 0 spiro atoms. The van der Waals surface area contributed by atoms with Gasteiger partial charge in [-0.25, -0.2) is 0 Å². The summed E-state index contributed by atoms with van der Waals surface area (Å²) in [6, 6.07) is 0. The van der Waals surface area contributed by atoms with E-state index in [1.54, 1.807) is 0 Å². The van der Waals surface area contributed by atoms with Gasteiger partial charge in [0.2, 0.25) is 0 Å². The highest BCUT2D eigenvalue weighted by atomic mass is 16.3. The van der Waals surface area contributed by atoms with Gasteiger partial charge in [0, 0.05) is 39.3 Å². The Balaban J connectivity index is 1.73. The van der Waals surface area contributed by atoms with Crippen LogP contribution < -0.4 is 0 Å². The Morgan fingerprint density at radius 2 is 1.55 bits per heavy atom. The van der Waals surface area contributed by atoms with E-state index in [9.17, 15) is 10.2 Å². The average Bonchev–Trinajstić information content (AvgIpc) is 2.56. The van der Waals surface area contributed by atoms with E-state index in [0.29, 0.717) is 5.92 Å². The lowest BCUT2D eigenvalue weighted by Crippen LogP contribution is -2.51. The molecule has 0 amide bonds. The molecule has 2 rings (SSSR count). The zero-order chi connectivity index (χ0) is 14.6. The number of hydrogen-bond donors (Lipinski definition) is 2. The Kier molecular flexibility index (Phi) is 5.84. The van der Waals surface area contributed by atoms with Crippen LogP contribution in [0.2, 0.25) is 0 Å². The lowest BCUT2D eigenvalue weighted by Gasteiger charge is -2.39. The number of rotatable bonds is 4. The zero-order valence-electron chi connectivity index (χ0n) is 13.2. The van der Waals surface area contributed by atoms with Gasteiger partial charge in [0.1, 0.15) is 0 Å². The van der Waals surface area contributed by atoms with Crippen molar-refractivity contribution in [2.24, 2.45) is 5.92 Å². The first kappa shape index (κ1) is 16.2. The molecule has 4 heteroatoms. The van der Waals surface area contributed by atoms with Crippen LogP contribution in [0.5, 0.6) is 0 Å². The first-order valence-corrected chi connectivity index (χ1v) is 8.29. The van der Waals surface area contributed by atoms with E-state index >= 15 is 0 Å². The molecule has 2 unspecified atom stereocenters. The van der Waals surface area contributed by atoms with Gasteiger partial charge in [-0.05, 0) is 32.6 Å². The minimum Gasteiger partial charge on any atom is -0.393 e. The number of hydrogen-bond acceptors (Lipinski definition) is 4. The average molecular weight is 284 g/mol. The molecule has 0 radical (unpaired) electrons. The minimum atomic E-state index is -0.598. The molecule has 0 aromatic carbocycles. The van der Waals surface area contributed by atoms with Crippen molar-refractivity contribution in [1.82, 2.24) is 9.80 Å². The minimum absolute atomic E-state index is 0.0908. The normalized spacial score (nSPS) is 31.2. The van der Waals surface area contributed by atoms with Gasteiger partial charge in [0.25, 0.3) is 0 Å². The smallest absolute Gasteiger partial charge is 0.0718 e. The van der Waals surface area contributed by atoms with E-state index in [0.717, 1.165) is 45.7 Å². The van der Waals surface area contributed by atoms with E-state index in [1.165, 1.54) is 25.7 Å². The van der Waals surface area contributed by atoms with Crippen LogP contribution in [0.25, 0.3) is 0 Å². The van der Waals surface area contributed by atoms with Crippen LogP contribution in [-0.2, 0) is 0 Å². The SMILES string of the molecule is CC(C)(O)CN1CCN(CC2CCCCCC2O)CC1. The molecule has 20 heavy (non-hydrogen) atoms. The molecule has 1 aliphatic heterocycles. The highest BCUT2D eigenvalue weighted by molar-refractivity contribution is 4.81. The fourth-order valence-electron chi connectivity index (χ4n) is 3.59. The van der Waals surface area contributed by atoms with Gasteiger partial charge in [-0.1, -0.05) is 19.3 Å². The van der Waals surface area contributed by atoms with Crippen LogP contribution in [0.4, 0.5) is 0 Å². The van der Waals surface area contributed by atoms with Crippen molar-refractivity contribution < 1.29 is 10.2 Å². The highest BCUT2D eigenvalue weighted by Gasteiger charge is 2.27. The van der Waals surface area contributed by atoms with Gasteiger partial charge in [0.05, 0.1) is 11.7 Å². The summed E-state index contributed by atoms with van der Waals surface area (Å²) >= 11 is 0. The number of aliphatic hydroxyl groups is 2. The molecule has 1 saturated carbocycles. The number of nitrogens with zero attached hydrogens (tertiary/aromatic N) is 2. The standard InChI is InChI=1S/C16H32N2O2/c1-16(2,20)13-18-10-8-17(9-11-18)12-14-6-4-3-5-7-15(14)19/h14-15,19-20H,3-13H2,1-2H3. The Morgan fingerprint density at radius 3 is 2.20 bits per heavy atom. The third-order valence-electron chi connectivity index (χ3n) is 4.69. The molecule has 2 N–H and O–H groups in total. The van der Waals surface area contributed by atoms with Crippen LogP contribution in [-0.4, -0.2) is 71.0 Å². The largest absolute Gasteiger partial charge is 0.393 e. The summed E-state index contributed by atoms with van der Waals surface area (Å²) in [5, 5.41) is 20.1. The van der Waals surface area contributed by atoms with E-state index in [-0.39, 0.29) is 6.10 Å². The van der Waals surface area contributed by atoms with Crippen molar-refractivity contribution in [2.75, 3.05) is 39.3 Å². The molecule has 2 aliphatic rings. The maximum Gasteiger partial charge on any atom is 0.0718 e. The fraction of sp³-hybridized carbons (Fsp3) is 1.00. The summed E-state index contributed by atoms with van der Waals surface area (Å²) in [5.74, 6) is 0.471. The van der Waals surface area contributed by atoms with Crippen LogP contribution in [0.3, 0.4) is 0 Å². The van der Waals surface area contributed by atoms with Gasteiger partial charge < -0.3 is 15.1 Å². The topological polar surface area (TPSA) is 46.9 Å². The van der Waals surface area contributed by atoms with Crippen molar-refractivity contribution in [1.29, 1.82) is 0 Å². The van der Waals surface area contributed by atoms with Crippen molar-refractivity contribution in [2.45, 2.75) is 57.7 Å². The second-order valence-corrected chi connectivity index (χ2v) is 7.35. The number of β-amino-alcohol motifs (C(OH)–C–C–N with tert-alkyl or cyclic N) is 1. The maximum atomic E-state index is 10.2. The molecule has 2 fully saturated rings. The Labute approximate surface area is 123 Å². The summed E-state index contributed by atoms with van der Waals surface area (Å²) in [6.07, 6.45) is 5.84. The second-order valence-electron chi connectivity index (χ2n) is 7.35. The molecule has 0 bridgehead atoms. The van der Waals surface area contributed by atoms with Gasteiger partial charge in [-0.15, -0.1) is 0 Å². The maximum absolute atomic E-state index is 10.2. The summed E-state index contributed by atoms with van der Waals surface area (Å²) in [5.41, 5.74) is -0.598. The Hall–Kier alpha value is -0.160. The van der Waals surface area contributed by atoms with Crippen molar-refractivity contribution in [3.05, 3.63) is 0 Å². The first-order valence-electron chi connectivity index (χ1n) is 8.29. The zero-order valence-corrected chi connectivity index (χ0v) is 13.2. The number of aliphatic hydroxyl groups excluding tert-OH is 1. The summed E-state index contributed by atoms with van der Waals surface area (Å²) in [4.78, 5) is 4.85. The number of piperazine rings is 1. The van der Waals surface area contributed by atoms with Crippen LogP contribution in [0.1, 0.15) is 46.0 Å². The van der Waals surface area contributed by atoms with Gasteiger partial charge in [-0.3, -0.25) is 4.90 Å². The van der Waals surface area contributed by atoms with Crippen LogP contribution >= 0.6 is 0 Å². The van der Waals surface area contributed by atoms with E-state index in [1.807, 2.05) is 13.8 Å². The Morgan fingerprint density at radius 1 is 0.950 bits per heavy atom. The van der Waals surface area contributed by atoms with E-state index in [4.69, 9.17) is 0 Å². The van der Waals surface area contributed by atoms with Gasteiger partial charge >= 0.3 is 0 Å². The van der Waals surface area contributed by atoms with Crippen molar-refractivity contribution in [3.8, 4) is 0 Å². The molecule has 4 nitrogen and oxygen atoms in total. The Bertz CT molecular complexity index is 283. The second kappa shape index (κ2) is 7.21. The van der Waals surface area contributed by atoms with E-state index in [2.05, 4.69) is 9.80 Å². The van der Waals surface area contributed by atoms with E-state index < -0.39 is 5.60 Å². The summed E-state index contributed by atoms with van der Waals surface area (Å²) in [6.45, 7) is 9.77. The summed E-state index contributed by atoms with van der Waals surface area (Å²) in [7, 11) is 0. The summed E-state index contributed by atoms with van der Waals surface area (Å²) < 4.78 is 0. The fourth-order valence-corrected chi connectivity index (χ4v) is 3.59. The molecular formula is C16H32N2O2. The monoisotopic (exact) mass is 284 g/mol. The third-order valence-corrected chi connectivity index (χ3v) is 4.69. The van der Waals surface area contributed by atoms with Crippen LogP contribution in [0.15, 0.2) is 0 Å². The predicted molar refractivity (Wildman–Crippen MR) is 81.8 cm³/mol. The molecule has 2 atom stereocenters. The molecule has 1 aliphatic carbocycles. The van der Waals surface area contributed by atoms with Crippen molar-refractivity contribution in [3.63, 3.8) is 0 Å². The molecule has 1 heterocycles. The molecule has 0 aromatic heterocycles. The van der Waals surface area contributed by atoms with Gasteiger partial charge in [-0.2, -0.15) is 0 Å². The molecule has 118 valence electrons. The predicted octanol–water partition coefficient (Wildman–Crippen LogP) is 1.32. The molecule has 0 aromatic rings. The quantitative estimate of drug-likeness (QED) is 0.764.